The molecular weight excluding hydrogens is 443 g/mol. The van der Waals surface area contributed by atoms with Crippen LogP contribution in [0.5, 0.6) is 0 Å². The van der Waals surface area contributed by atoms with Crippen LogP contribution in [-0.2, 0) is 4.79 Å². The molecule has 2 aromatic carbocycles. The van der Waals surface area contributed by atoms with E-state index in [1.165, 1.54) is 0 Å². The smallest absolute Gasteiger partial charge is 1.00 e. The molecule has 2 N–H and O–H groups in total. The van der Waals surface area contributed by atoms with Crippen LogP contribution in [-0.4, -0.2) is 40.0 Å². The number of aromatic nitrogens is 1. The van der Waals surface area contributed by atoms with Gasteiger partial charge in [-0.15, -0.1) is 0 Å². The number of aryl methyl sites for hydroxylation is 1. The third-order valence-corrected chi connectivity index (χ3v) is 5.73. The Balaban J connectivity index is 0.00000289. The number of pyridine rings is 1. The van der Waals surface area contributed by atoms with Crippen molar-refractivity contribution in [2.45, 2.75) is 19.4 Å². The zero-order valence-corrected chi connectivity index (χ0v) is 21.9. The van der Waals surface area contributed by atoms with Crippen LogP contribution in [0.15, 0.2) is 67.0 Å². The molecule has 166 valence electrons. The van der Waals surface area contributed by atoms with Gasteiger partial charge in [0.1, 0.15) is 6.04 Å². The average molecular weight is 471 g/mol. The molecule has 1 aromatic heterocycles. The minimum atomic E-state index is -1.03. The van der Waals surface area contributed by atoms with E-state index in [1.807, 2.05) is 73.9 Å². The number of nitrogens with zero attached hydrogens (tertiary/aromatic N) is 1. The number of nitrogens with one attached hydrogen (secondary N) is 1. The van der Waals surface area contributed by atoms with Crippen LogP contribution in [0.4, 0.5) is 0 Å². The molecule has 0 bridgehead atoms. The quantitative estimate of drug-likeness (QED) is 0.469. The molecular formula is C26H27N2NaO3S. The maximum absolute atomic E-state index is 13.1. The molecule has 1 unspecified atom stereocenters. The van der Waals surface area contributed by atoms with Crippen molar-refractivity contribution in [2.75, 3.05) is 12.0 Å². The van der Waals surface area contributed by atoms with Crippen molar-refractivity contribution >= 4 is 35.8 Å². The topological polar surface area (TPSA) is 79.3 Å². The molecule has 0 aliphatic heterocycles. The van der Waals surface area contributed by atoms with Gasteiger partial charge in [0.25, 0.3) is 5.91 Å². The predicted octanol–water partition coefficient (Wildman–Crippen LogP) is 2.28. The molecule has 0 fully saturated rings. The van der Waals surface area contributed by atoms with Crippen molar-refractivity contribution < 1.29 is 45.7 Å². The molecule has 1 heterocycles. The fourth-order valence-electron chi connectivity index (χ4n) is 3.36. The van der Waals surface area contributed by atoms with Gasteiger partial charge >= 0.3 is 35.5 Å². The van der Waals surface area contributed by atoms with Gasteiger partial charge in [0, 0.05) is 18.0 Å². The van der Waals surface area contributed by atoms with Crippen molar-refractivity contribution in [1.29, 1.82) is 0 Å². The predicted molar refractivity (Wildman–Crippen MR) is 133 cm³/mol. The second-order valence-corrected chi connectivity index (χ2v) is 8.37. The van der Waals surface area contributed by atoms with Crippen molar-refractivity contribution in [1.82, 2.24) is 10.3 Å². The van der Waals surface area contributed by atoms with Gasteiger partial charge in [0.15, 0.2) is 0 Å². The molecule has 0 saturated carbocycles. The molecule has 0 aliphatic rings. The Morgan fingerprint density at radius 2 is 1.85 bits per heavy atom. The molecule has 3 aromatic rings. The number of carboxylic acid groups (broad SMARTS) is 1. The maximum Gasteiger partial charge on any atom is 1.00 e. The Morgan fingerprint density at radius 3 is 2.52 bits per heavy atom. The van der Waals surface area contributed by atoms with E-state index in [0.29, 0.717) is 17.7 Å². The molecule has 1 amide bonds. The first-order valence-electron chi connectivity index (χ1n) is 10.3. The zero-order valence-electron chi connectivity index (χ0n) is 20.1. The number of carbonyl (C=O) groups is 2. The largest absolute Gasteiger partial charge is 1.00 e. The fraction of sp³-hybridized carbons (Fsp3) is 0.192. The number of carbonyl (C=O) groups excluding carboxylic acids is 1. The van der Waals surface area contributed by atoms with Crippen LogP contribution < -0.4 is 34.9 Å². The fourth-order valence-corrected chi connectivity index (χ4v) is 3.83. The van der Waals surface area contributed by atoms with Gasteiger partial charge in [0.2, 0.25) is 0 Å². The summed E-state index contributed by atoms with van der Waals surface area (Å²) in [5, 5.41) is 12.2. The Kier molecular flexibility index (Phi) is 10.9. The van der Waals surface area contributed by atoms with Crippen LogP contribution in [0.1, 0.15) is 34.9 Å². The van der Waals surface area contributed by atoms with E-state index in [4.69, 9.17) is 0 Å². The number of rotatable bonds is 9. The van der Waals surface area contributed by atoms with Crippen LogP contribution >= 0.6 is 11.8 Å². The second kappa shape index (κ2) is 13.4. The van der Waals surface area contributed by atoms with E-state index in [1.54, 1.807) is 30.2 Å². The van der Waals surface area contributed by atoms with Crippen molar-refractivity contribution in [3.63, 3.8) is 0 Å². The molecule has 0 aliphatic carbocycles. The summed E-state index contributed by atoms with van der Waals surface area (Å²) in [6, 6.07) is 16.3. The summed E-state index contributed by atoms with van der Waals surface area (Å²) < 4.78 is 0. The summed E-state index contributed by atoms with van der Waals surface area (Å²) >= 11 is 1.55. The Bertz CT molecular complexity index is 1130. The number of hydrogen-bond donors (Lipinski definition) is 2. The van der Waals surface area contributed by atoms with E-state index in [-0.39, 0.29) is 36.9 Å². The van der Waals surface area contributed by atoms with Gasteiger partial charge in [-0.25, -0.2) is 4.79 Å². The van der Waals surface area contributed by atoms with E-state index in [2.05, 4.69) is 10.3 Å². The number of amides is 1. The van der Waals surface area contributed by atoms with Crippen LogP contribution in [0.25, 0.3) is 23.3 Å². The molecule has 33 heavy (non-hydrogen) atoms. The minimum Gasteiger partial charge on any atom is -1.00 e. The first-order valence-corrected chi connectivity index (χ1v) is 11.7. The van der Waals surface area contributed by atoms with E-state index in [9.17, 15) is 14.7 Å². The average Bonchev–Trinajstić information content (AvgIpc) is 2.81. The number of hydrogen-bond acceptors (Lipinski definition) is 4. The van der Waals surface area contributed by atoms with Crippen LogP contribution in [0.2, 0.25) is 0 Å². The molecule has 7 heteroatoms. The molecule has 0 saturated heterocycles. The van der Waals surface area contributed by atoms with Gasteiger partial charge in [-0.1, -0.05) is 48.6 Å². The van der Waals surface area contributed by atoms with Crippen molar-refractivity contribution in [2.24, 2.45) is 0 Å². The van der Waals surface area contributed by atoms with Crippen molar-refractivity contribution in [3.8, 4) is 11.1 Å². The van der Waals surface area contributed by atoms with Gasteiger partial charge in [-0.2, -0.15) is 11.8 Å². The summed E-state index contributed by atoms with van der Waals surface area (Å²) in [4.78, 5) is 28.8. The van der Waals surface area contributed by atoms with Crippen LogP contribution in [0.3, 0.4) is 0 Å². The zero-order chi connectivity index (χ0) is 22.9. The third-order valence-electron chi connectivity index (χ3n) is 5.09. The number of aliphatic carboxylic acids is 1. The number of thioether (sulfide) groups is 1. The standard InChI is InChI=1S/C26H26N2O3S.Na.H/c1-18-6-3-4-8-21(18)23-16-19(9-10-20-7-5-14-27-17-20)11-12-22(23)25(29)28-24(26(30)31)13-15-32-2;;/h3-12,14,16-17,24H,13,15H2,1-2H3,(H,28,29)(H,30,31);;/q;+1;-1. The number of benzene rings is 2. The maximum atomic E-state index is 13.1. The molecule has 5 nitrogen and oxygen atoms in total. The first kappa shape index (κ1) is 26.9. The van der Waals surface area contributed by atoms with Gasteiger partial charge in [-0.05, 0) is 71.4 Å². The second-order valence-electron chi connectivity index (χ2n) is 7.39. The third kappa shape index (κ3) is 7.57. The molecule has 1 atom stereocenters. The Hall–Kier alpha value is -2.38. The van der Waals surface area contributed by atoms with Crippen molar-refractivity contribution in [3.05, 3.63) is 89.2 Å². The first-order chi connectivity index (χ1) is 15.5. The summed E-state index contributed by atoms with van der Waals surface area (Å²) in [5.74, 6) is -0.764. The van der Waals surface area contributed by atoms with Gasteiger partial charge in [-0.3, -0.25) is 9.78 Å². The Labute approximate surface area is 222 Å². The summed E-state index contributed by atoms with van der Waals surface area (Å²) in [5.41, 5.74) is 5.10. The Morgan fingerprint density at radius 1 is 1.09 bits per heavy atom. The SMILES string of the molecule is CSCCC(NC(=O)c1ccc(C=Cc2cccnc2)cc1-c1ccccc1C)C(=O)O.[H-].[Na+]. The molecule has 3 rings (SSSR count). The van der Waals surface area contributed by atoms with Gasteiger partial charge in [0.05, 0.1) is 0 Å². The molecule has 0 radical (unpaired) electrons. The van der Waals surface area contributed by atoms with E-state index >= 15 is 0 Å². The monoisotopic (exact) mass is 470 g/mol. The summed E-state index contributed by atoms with van der Waals surface area (Å²) in [6.45, 7) is 1.99. The van der Waals surface area contributed by atoms with Gasteiger partial charge < -0.3 is 11.8 Å². The summed E-state index contributed by atoms with van der Waals surface area (Å²) in [7, 11) is 0. The summed E-state index contributed by atoms with van der Waals surface area (Å²) in [6.07, 6.45) is 9.72. The number of carboxylic acids is 1. The minimum absolute atomic E-state index is 0. The normalized spacial score (nSPS) is 11.6. The molecule has 0 spiro atoms. The van der Waals surface area contributed by atoms with E-state index in [0.717, 1.165) is 27.8 Å². The van der Waals surface area contributed by atoms with Crippen LogP contribution in [0, 0.1) is 6.92 Å². The van der Waals surface area contributed by atoms with E-state index < -0.39 is 12.0 Å².